The van der Waals surface area contributed by atoms with Gasteiger partial charge in [-0.05, 0) is 12.8 Å². The number of carbonyl (C=O) groups is 1. The lowest BCUT2D eigenvalue weighted by Gasteiger charge is -2.31. The smallest absolute Gasteiger partial charge is 0.240 e. The second kappa shape index (κ2) is 6.33. The summed E-state index contributed by atoms with van der Waals surface area (Å²) in [5.74, 6) is -0.178. The van der Waals surface area contributed by atoms with Crippen LogP contribution in [0.1, 0.15) is 12.8 Å². The molecular formula is C9H16Cl2N2O2. The normalized spacial score (nSPS) is 18.8. The topological polar surface area (TPSA) is 64.4 Å². The molecule has 1 aliphatic rings. The Labute approximate surface area is 101 Å². The van der Waals surface area contributed by atoms with Gasteiger partial charge in [0.2, 0.25) is 5.91 Å². The Balaban J connectivity index is 0.00000196. The van der Waals surface area contributed by atoms with Crippen molar-refractivity contribution in [3.8, 4) is 0 Å². The highest BCUT2D eigenvalue weighted by Crippen LogP contribution is 2.17. The van der Waals surface area contributed by atoms with E-state index in [0.29, 0.717) is 31.1 Å². The van der Waals surface area contributed by atoms with Gasteiger partial charge in [0.05, 0.1) is 12.1 Å². The molecule has 0 bridgehead atoms. The summed E-state index contributed by atoms with van der Waals surface area (Å²) in [6, 6.07) is 0. The van der Waals surface area contributed by atoms with E-state index in [-0.39, 0.29) is 24.9 Å². The molecule has 0 spiro atoms. The maximum atomic E-state index is 11.6. The number of ether oxygens (including phenoxy) is 1. The van der Waals surface area contributed by atoms with E-state index in [0.717, 1.165) is 0 Å². The molecule has 0 unspecified atom stereocenters. The van der Waals surface area contributed by atoms with Gasteiger partial charge >= 0.3 is 0 Å². The first kappa shape index (κ1) is 14.7. The van der Waals surface area contributed by atoms with Crippen molar-refractivity contribution in [2.45, 2.75) is 18.4 Å². The van der Waals surface area contributed by atoms with E-state index in [4.69, 9.17) is 22.1 Å². The third-order valence-corrected chi connectivity index (χ3v) is 2.41. The zero-order chi connectivity index (χ0) is 10.6. The highest BCUT2D eigenvalue weighted by Gasteiger charge is 2.35. The van der Waals surface area contributed by atoms with Crippen LogP contribution in [0, 0.1) is 0 Å². The van der Waals surface area contributed by atoms with Crippen LogP contribution in [0.25, 0.3) is 0 Å². The summed E-state index contributed by atoms with van der Waals surface area (Å²) in [4.78, 5) is 11.6. The Hall–Kier alpha value is -0.290. The average molecular weight is 255 g/mol. The minimum atomic E-state index is -0.801. The second-order valence-electron chi connectivity index (χ2n) is 3.47. The van der Waals surface area contributed by atoms with Crippen LogP contribution in [-0.2, 0) is 9.53 Å². The second-order valence-corrected chi connectivity index (χ2v) is 4.00. The third-order valence-electron chi connectivity index (χ3n) is 2.28. The summed E-state index contributed by atoms with van der Waals surface area (Å²) in [6.45, 7) is 4.81. The predicted molar refractivity (Wildman–Crippen MR) is 62.2 cm³/mol. The van der Waals surface area contributed by atoms with Crippen molar-refractivity contribution in [3.63, 3.8) is 0 Å². The van der Waals surface area contributed by atoms with Crippen molar-refractivity contribution in [3.05, 3.63) is 11.6 Å². The summed E-state index contributed by atoms with van der Waals surface area (Å²) in [5.41, 5.74) is 5.12. The van der Waals surface area contributed by atoms with E-state index in [1.807, 2.05) is 0 Å². The molecule has 0 atom stereocenters. The number of halogens is 2. The summed E-state index contributed by atoms with van der Waals surface area (Å²) >= 11 is 5.53. The van der Waals surface area contributed by atoms with Crippen LogP contribution in [0.15, 0.2) is 11.6 Å². The molecular weight excluding hydrogens is 239 g/mol. The quantitative estimate of drug-likeness (QED) is 0.783. The molecule has 0 radical (unpaired) electrons. The van der Waals surface area contributed by atoms with Gasteiger partial charge in [0.15, 0.2) is 0 Å². The number of nitrogens with one attached hydrogen (secondary N) is 1. The summed E-state index contributed by atoms with van der Waals surface area (Å²) in [5, 5.41) is 3.04. The van der Waals surface area contributed by atoms with Crippen molar-refractivity contribution in [1.29, 1.82) is 0 Å². The van der Waals surface area contributed by atoms with Crippen LogP contribution >= 0.6 is 24.0 Å². The molecule has 0 aromatic rings. The Bertz CT molecular complexity index is 240. The zero-order valence-electron chi connectivity index (χ0n) is 8.42. The molecule has 0 saturated carbocycles. The molecule has 1 aliphatic heterocycles. The Morgan fingerprint density at radius 1 is 1.53 bits per heavy atom. The number of amides is 1. The molecule has 1 saturated heterocycles. The molecule has 0 aromatic carbocycles. The molecule has 1 amide bonds. The van der Waals surface area contributed by atoms with Crippen molar-refractivity contribution in [1.82, 2.24) is 5.32 Å². The van der Waals surface area contributed by atoms with E-state index < -0.39 is 5.54 Å². The van der Waals surface area contributed by atoms with Crippen molar-refractivity contribution >= 4 is 29.9 Å². The van der Waals surface area contributed by atoms with Gasteiger partial charge in [-0.2, -0.15) is 0 Å². The summed E-state index contributed by atoms with van der Waals surface area (Å²) < 4.78 is 5.14. The predicted octanol–water partition coefficient (Wildman–Crippen LogP) is 0.785. The number of hydrogen-bond donors (Lipinski definition) is 2. The van der Waals surface area contributed by atoms with Crippen LogP contribution in [0.3, 0.4) is 0 Å². The largest absolute Gasteiger partial charge is 0.381 e. The van der Waals surface area contributed by atoms with E-state index in [2.05, 4.69) is 11.9 Å². The first-order chi connectivity index (χ1) is 6.54. The average Bonchev–Trinajstić information content (AvgIpc) is 2.15. The van der Waals surface area contributed by atoms with Gasteiger partial charge in [-0.3, -0.25) is 4.79 Å². The minimum absolute atomic E-state index is 0. The van der Waals surface area contributed by atoms with Gasteiger partial charge in [0.25, 0.3) is 0 Å². The molecule has 1 rings (SSSR count). The highest BCUT2D eigenvalue weighted by molar-refractivity contribution is 6.29. The minimum Gasteiger partial charge on any atom is -0.381 e. The first-order valence-corrected chi connectivity index (χ1v) is 4.90. The maximum Gasteiger partial charge on any atom is 0.240 e. The van der Waals surface area contributed by atoms with Gasteiger partial charge < -0.3 is 15.8 Å². The Kier molecular flexibility index (Phi) is 6.20. The van der Waals surface area contributed by atoms with Crippen molar-refractivity contribution in [2.75, 3.05) is 19.8 Å². The van der Waals surface area contributed by atoms with Crippen LogP contribution in [0.5, 0.6) is 0 Å². The lowest BCUT2D eigenvalue weighted by atomic mass is 9.90. The van der Waals surface area contributed by atoms with Gasteiger partial charge in [0, 0.05) is 18.2 Å². The maximum absolute atomic E-state index is 11.6. The zero-order valence-corrected chi connectivity index (χ0v) is 10.00. The van der Waals surface area contributed by atoms with Gasteiger partial charge in [-0.15, -0.1) is 12.4 Å². The van der Waals surface area contributed by atoms with Crippen LogP contribution in [0.4, 0.5) is 0 Å². The molecule has 1 heterocycles. The number of hydrogen-bond acceptors (Lipinski definition) is 3. The molecule has 3 N–H and O–H groups in total. The van der Waals surface area contributed by atoms with E-state index in [1.54, 1.807) is 0 Å². The van der Waals surface area contributed by atoms with Gasteiger partial charge in [-0.25, -0.2) is 0 Å². The van der Waals surface area contributed by atoms with Gasteiger partial charge in [0.1, 0.15) is 0 Å². The fraction of sp³-hybridized carbons (Fsp3) is 0.667. The lowest BCUT2D eigenvalue weighted by Crippen LogP contribution is -2.57. The number of carbonyl (C=O) groups excluding carboxylic acids is 1. The molecule has 88 valence electrons. The van der Waals surface area contributed by atoms with Gasteiger partial charge in [-0.1, -0.05) is 18.2 Å². The lowest BCUT2D eigenvalue weighted by molar-refractivity contribution is -0.129. The third kappa shape index (κ3) is 4.38. The number of nitrogens with two attached hydrogens (primary N) is 1. The Morgan fingerprint density at radius 2 is 2.07 bits per heavy atom. The van der Waals surface area contributed by atoms with E-state index >= 15 is 0 Å². The monoisotopic (exact) mass is 254 g/mol. The van der Waals surface area contributed by atoms with Crippen LogP contribution < -0.4 is 11.1 Å². The molecule has 0 aliphatic carbocycles. The first-order valence-electron chi connectivity index (χ1n) is 4.53. The summed E-state index contributed by atoms with van der Waals surface area (Å²) in [6.07, 6.45) is 1.10. The molecule has 6 heteroatoms. The SMILES string of the molecule is C=C(Cl)CNC(=O)C1(N)CCOCC1.Cl. The highest BCUT2D eigenvalue weighted by atomic mass is 35.5. The Morgan fingerprint density at radius 3 is 2.53 bits per heavy atom. The van der Waals surface area contributed by atoms with Crippen LogP contribution in [-0.4, -0.2) is 31.2 Å². The van der Waals surface area contributed by atoms with E-state index in [9.17, 15) is 4.79 Å². The molecule has 0 aromatic heterocycles. The van der Waals surface area contributed by atoms with Crippen molar-refractivity contribution < 1.29 is 9.53 Å². The van der Waals surface area contributed by atoms with E-state index in [1.165, 1.54) is 0 Å². The fourth-order valence-corrected chi connectivity index (χ4v) is 1.38. The molecule has 4 nitrogen and oxygen atoms in total. The molecule has 1 fully saturated rings. The fourth-order valence-electron chi connectivity index (χ4n) is 1.31. The summed E-state index contributed by atoms with van der Waals surface area (Å²) in [7, 11) is 0. The van der Waals surface area contributed by atoms with Crippen LogP contribution in [0.2, 0.25) is 0 Å². The molecule has 15 heavy (non-hydrogen) atoms. The van der Waals surface area contributed by atoms with Crippen molar-refractivity contribution in [2.24, 2.45) is 5.73 Å². The standard InChI is InChI=1S/C9H15ClN2O2.ClH/c1-7(10)6-12-8(13)9(11)2-4-14-5-3-9;/h1-6,11H2,(H,12,13);1H. The number of rotatable bonds is 3.